The van der Waals surface area contributed by atoms with Gasteiger partial charge >= 0.3 is 5.97 Å². The lowest BCUT2D eigenvalue weighted by atomic mass is 10.1. The minimum Gasteiger partial charge on any atom is -0.462 e. The third kappa shape index (κ3) is 2.09. The van der Waals surface area contributed by atoms with Crippen LogP contribution < -0.4 is 5.56 Å². The molecule has 1 aromatic rings. The highest BCUT2D eigenvalue weighted by Gasteiger charge is 2.25. The Morgan fingerprint density at radius 3 is 2.93 bits per heavy atom. The van der Waals surface area contributed by atoms with Crippen molar-refractivity contribution in [3.63, 3.8) is 0 Å². The number of H-pyrrole nitrogens is 1. The minimum absolute atomic E-state index is 0.112. The first-order valence-corrected chi connectivity index (χ1v) is 5.12. The van der Waals surface area contributed by atoms with Gasteiger partial charge in [-0.25, -0.2) is 4.79 Å². The molecule has 0 aromatic carbocycles. The first-order chi connectivity index (χ1) is 7.22. The van der Waals surface area contributed by atoms with Crippen molar-refractivity contribution in [3.05, 3.63) is 33.7 Å². The Balaban J connectivity index is 2.31. The van der Waals surface area contributed by atoms with E-state index in [0.717, 1.165) is 18.4 Å². The lowest BCUT2D eigenvalue weighted by Crippen LogP contribution is -2.19. The highest BCUT2D eigenvalue weighted by Crippen LogP contribution is 2.39. The number of carbonyl (C=O) groups excluding carboxylic acids is 1. The molecule has 0 amide bonds. The van der Waals surface area contributed by atoms with Gasteiger partial charge in [0, 0.05) is 6.20 Å². The molecule has 1 aliphatic carbocycles. The summed E-state index contributed by atoms with van der Waals surface area (Å²) in [6.45, 7) is 2.00. The van der Waals surface area contributed by atoms with Crippen LogP contribution in [0.3, 0.4) is 0 Å². The van der Waals surface area contributed by atoms with Crippen LogP contribution in [0.15, 0.2) is 17.1 Å². The van der Waals surface area contributed by atoms with Crippen LogP contribution in [0.5, 0.6) is 0 Å². The summed E-state index contributed by atoms with van der Waals surface area (Å²) in [7, 11) is 0. The molecule has 0 aliphatic heterocycles. The molecule has 0 saturated heterocycles. The van der Waals surface area contributed by atoms with Crippen LogP contribution in [-0.4, -0.2) is 17.6 Å². The number of pyridine rings is 1. The molecule has 15 heavy (non-hydrogen) atoms. The molecular weight excluding hydrogens is 194 g/mol. The average molecular weight is 207 g/mol. The van der Waals surface area contributed by atoms with Crippen molar-refractivity contribution in [1.29, 1.82) is 0 Å². The van der Waals surface area contributed by atoms with Gasteiger partial charge < -0.3 is 9.72 Å². The summed E-state index contributed by atoms with van der Waals surface area (Å²) in [4.78, 5) is 25.4. The molecule has 0 atom stereocenters. The van der Waals surface area contributed by atoms with Gasteiger partial charge in [-0.3, -0.25) is 4.79 Å². The SMILES string of the molecule is CCOC(=O)c1cc(C2CC2)c[nH]c1=O. The van der Waals surface area contributed by atoms with Gasteiger partial charge in [-0.2, -0.15) is 0 Å². The summed E-state index contributed by atoms with van der Waals surface area (Å²) in [5, 5.41) is 0. The second-order valence-corrected chi connectivity index (χ2v) is 3.67. The van der Waals surface area contributed by atoms with E-state index in [1.54, 1.807) is 19.2 Å². The van der Waals surface area contributed by atoms with Gasteiger partial charge in [-0.1, -0.05) is 0 Å². The van der Waals surface area contributed by atoms with Crippen LogP contribution in [0.1, 0.15) is 41.6 Å². The van der Waals surface area contributed by atoms with E-state index >= 15 is 0 Å². The van der Waals surface area contributed by atoms with Gasteiger partial charge in [0.05, 0.1) is 6.61 Å². The molecule has 1 aliphatic rings. The van der Waals surface area contributed by atoms with E-state index in [0.29, 0.717) is 5.92 Å². The molecule has 4 nitrogen and oxygen atoms in total. The van der Waals surface area contributed by atoms with E-state index in [-0.39, 0.29) is 17.7 Å². The van der Waals surface area contributed by atoms with Gasteiger partial charge in [0.1, 0.15) is 5.56 Å². The Morgan fingerprint density at radius 2 is 2.33 bits per heavy atom. The van der Waals surface area contributed by atoms with Crippen LogP contribution in [0, 0.1) is 0 Å². The van der Waals surface area contributed by atoms with Crippen LogP contribution in [-0.2, 0) is 4.74 Å². The summed E-state index contributed by atoms with van der Waals surface area (Å²) >= 11 is 0. The third-order valence-corrected chi connectivity index (χ3v) is 2.47. The summed E-state index contributed by atoms with van der Waals surface area (Å²) in [6.07, 6.45) is 3.95. The molecule has 0 unspecified atom stereocenters. The van der Waals surface area contributed by atoms with Gasteiger partial charge in [0.15, 0.2) is 0 Å². The quantitative estimate of drug-likeness (QED) is 0.763. The number of aromatic nitrogens is 1. The van der Waals surface area contributed by atoms with Crippen molar-refractivity contribution in [2.45, 2.75) is 25.7 Å². The topological polar surface area (TPSA) is 59.2 Å². The smallest absolute Gasteiger partial charge is 0.343 e. The summed E-state index contributed by atoms with van der Waals surface area (Å²) in [6, 6.07) is 1.65. The Bertz CT molecular complexity index is 432. The molecular formula is C11H13NO3. The number of hydrogen-bond donors (Lipinski definition) is 1. The van der Waals surface area contributed by atoms with Gasteiger partial charge in [0.2, 0.25) is 0 Å². The standard InChI is InChI=1S/C11H13NO3/c1-2-15-11(14)9-5-8(7-3-4-7)6-12-10(9)13/h5-7H,2-4H2,1H3,(H,12,13). The van der Waals surface area contributed by atoms with E-state index < -0.39 is 5.97 Å². The van der Waals surface area contributed by atoms with Crippen LogP contribution in [0.2, 0.25) is 0 Å². The van der Waals surface area contributed by atoms with Crippen molar-refractivity contribution in [1.82, 2.24) is 4.98 Å². The predicted molar refractivity (Wildman–Crippen MR) is 55.0 cm³/mol. The normalized spacial score (nSPS) is 15.0. The van der Waals surface area contributed by atoms with E-state index in [9.17, 15) is 9.59 Å². The number of ether oxygens (including phenoxy) is 1. The maximum Gasteiger partial charge on any atom is 0.343 e. The molecule has 0 spiro atoms. The molecule has 0 radical (unpaired) electrons. The van der Waals surface area contributed by atoms with Crippen molar-refractivity contribution in [3.8, 4) is 0 Å². The van der Waals surface area contributed by atoms with Crippen molar-refractivity contribution >= 4 is 5.97 Å². The van der Waals surface area contributed by atoms with Gasteiger partial charge in [-0.15, -0.1) is 0 Å². The number of carbonyl (C=O) groups is 1. The van der Waals surface area contributed by atoms with Crippen LogP contribution in [0.4, 0.5) is 0 Å². The second kappa shape index (κ2) is 3.88. The zero-order valence-electron chi connectivity index (χ0n) is 8.58. The molecule has 1 fully saturated rings. The Labute approximate surface area is 87.3 Å². The van der Waals surface area contributed by atoms with E-state index in [2.05, 4.69) is 4.98 Å². The Hall–Kier alpha value is -1.58. The summed E-state index contributed by atoms with van der Waals surface area (Å²) < 4.78 is 4.80. The fraction of sp³-hybridized carbons (Fsp3) is 0.455. The fourth-order valence-electron chi connectivity index (χ4n) is 1.51. The maximum absolute atomic E-state index is 11.4. The monoisotopic (exact) mass is 207 g/mol. The summed E-state index contributed by atoms with van der Waals surface area (Å²) in [5.74, 6) is -0.0312. The van der Waals surface area contributed by atoms with Crippen LogP contribution in [0.25, 0.3) is 0 Å². The third-order valence-electron chi connectivity index (χ3n) is 2.47. The first-order valence-electron chi connectivity index (χ1n) is 5.12. The predicted octanol–water partition coefficient (Wildman–Crippen LogP) is 1.43. The van der Waals surface area contributed by atoms with Crippen molar-refractivity contribution in [2.24, 2.45) is 0 Å². The molecule has 2 rings (SSSR count). The number of nitrogens with one attached hydrogen (secondary N) is 1. The summed E-state index contributed by atoms with van der Waals surface area (Å²) in [5.41, 5.74) is 0.761. The zero-order valence-corrected chi connectivity index (χ0v) is 8.58. The lowest BCUT2D eigenvalue weighted by Gasteiger charge is -2.02. The number of hydrogen-bond acceptors (Lipinski definition) is 3. The molecule has 0 bridgehead atoms. The molecule has 80 valence electrons. The maximum atomic E-state index is 11.4. The highest BCUT2D eigenvalue weighted by atomic mass is 16.5. The van der Waals surface area contributed by atoms with Gasteiger partial charge in [-0.05, 0) is 37.3 Å². The minimum atomic E-state index is -0.541. The van der Waals surface area contributed by atoms with Crippen molar-refractivity contribution < 1.29 is 9.53 Å². The lowest BCUT2D eigenvalue weighted by molar-refractivity contribution is 0.0524. The second-order valence-electron chi connectivity index (χ2n) is 3.67. The van der Waals surface area contributed by atoms with Gasteiger partial charge in [0.25, 0.3) is 5.56 Å². The molecule has 1 saturated carbocycles. The first kappa shape index (κ1) is 9.96. The Kier molecular flexibility index (Phi) is 2.58. The van der Waals surface area contributed by atoms with Crippen LogP contribution >= 0.6 is 0 Å². The number of esters is 1. The highest BCUT2D eigenvalue weighted by molar-refractivity contribution is 5.89. The molecule has 1 aromatic heterocycles. The average Bonchev–Trinajstić information content (AvgIpc) is 3.02. The van der Waals surface area contributed by atoms with E-state index in [1.165, 1.54) is 0 Å². The molecule has 4 heteroatoms. The number of aromatic amines is 1. The van der Waals surface area contributed by atoms with E-state index in [4.69, 9.17) is 4.74 Å². The Morgan fingerprint density at radius 1 is 1.60 bits per heavy atom. The van der Waals surface area contributed by atoms with E-state index in [1.807, 2.05) is 0 Å². The fourth-order valence-corrected chi connectivity index (χ4v) is 1.51. The number of rotatable bonds is 3. The largest absolute Gasteiger partial charge is 0.462 e. The molecule has 1 N–H and O–H groups in total. The van der Waals surface area contributed by atoms with Crippen molar-refractivity contribution in [2.75, 3.05) is 6.61 Å². The molecule has 1 heterocycles. The zero-order chi connectivity index (χ0) is 10.8.